The van der Waals surface area contributed by atoms with E-state index in [0.717, 1.165) is 12.8 Å². The molecule has 1 saturated carbocycles. The highest BCUT2D eigenvalue weighted by atomic mass is 16.5. The number of amides is 1. The quantitative estimate of drug-likeness (QED) is 0.631. The third kappa shape index (κ3) is 3.48. The van der Waals surface area contributed by atoms with Gasteiger partial charge in [-0.2, -0.15) is 0 Å². The van der Waals surface area contributed by atoms with Crippen molar-refractivity contribution in [2.75, 3.05) is 20.3 Å². The lowest BCUT2D eigenvalue weighted by Gasteiger charge is -2.31. The van der Waals surface area contributed by atoms with E-state index in [1.807, 2.05) is 0 Å². The van der Waals surface area contributed by atoms with Crippen LogP contribution in [0.25, 0.3) is 0 Å². The molecule has 16 heavy (non-hydrogen) atoms. The molecule has 1 fully saturated rings. The van der Waals surface area contributed by atoms with Crippen LogP contribution in [-0.2, 0) is 14.3 Å². The van der Waals surface area contributed by atoms with Crippen LogP contribution in [0.15, 0.2) is 0 Å². The van der Waals surface area contributed by atoms with Gasteiger partial charge >= 0.3 is 0 Å². The SMILES string of the molecule is COCCNC(=O)[C@H]1CCCC[C@H]1C(=O)[O-]. The third-order valence-electron chi connectivity index (χ3n) is 3.01. The molecule has 0 saturated heterocycles. The minimum absolute atomic E-state index is 0.189. The highest BCUT2D eigenvalue weighted by molar-refractivity contribution is 5.84. The number of nitrogens with one attached hydrogen (secondary N) is 1. The van der Waals surface area contributed by atoms with E-state index in [0.29, 0.717) is 26.0 Å². The normalized spacial score (nSPS) is 25.1. The van der Waals surface area contributed by atoms with Crippen LogP contribution < -0.4 is 10.4 Å². The van der Waals surface area contributed by atoms with Gasteiger partial charge in [-0.05, 0) is 12.8 Å². The predicted molar refractivity (Wildman–Crippen MR) is 55.3 cm³/mol. The topological polar surface area (TPSA) is 78.5 Å². The van der Waals surface area contributed by atoms with E-state index >= 15 is 0 Å². The van der Waals surface area contributed by atoms with E-state index in [1.165, 1.54) is 0 Å². The van der Waals surface area contributed by atoms with Crippen molar-refractivity contribution in [1.82, 2.24) is 5.32 Å². The van der Waals surface area contributed by atoms with Crippen molar-refractivity contribution in [2.45, 2.75) is 25.7 Å². The van der Waals surface area contributed by atoms with E-state index in [9.17, 15) is 14.7 Å². The molecule has 1 amide bonds. The van der Waals surface area contributed by atoms with Crippen molar-refractivity contribution < 1.29 is 19.4 Å². The molecular weight excluding hydrogens is 210 g/mol. The molecule has 1 N–H and O–H groups in total. The molecule has 0 spiro atoms. The fraction of sp³-hybridized carbons (Fsp3) is 0.818. The van der Waals surface area contributed by atoms with Gasteiger partial charge in [-0.3, -0.25) is 4.79 Å². The molecule has 2 atom stereocenters. The van der Waals surface area contributed by atoms with Gasteiger partial charge in [0, 0.05) is 31.5 Å². The Labute approximate surface area is 95.2 Å². The van der Waals surface area contributed by atoms with Gasteiger partial charge in [-0.25, -0.2) is 0 Å². The lowest BCUT2D eigenvalue weighted by Crippen LogP contribution is -2.45. The maximum Gasteiger partial charge on any atom is 0.223 e. The minimum atomic E-state index is -1.11. The van der Waals surface area contributed by atoms with Crippen LogP contribution in [0.2, 0.25) is 0 Å². The molecule has 5 nitrogen and oxygen atoms in total. The molecule has 1 aliphatic rings. The Kier molecular flexibility index (Phi) is 5.25. The Balaban J connectivity index is 2.47. The summed E-state index contributed by atoms with van der Waals surface area (Å²) in [6.45, 7) is 0.861. The van der Waals surface area contributed by atoms with Crippen LogP contribution >= 0.6 is 0 Å². The molecular formula is C11H18NO4-. The second kappa shape index (κ2) is 6.48. The molecule has 0 bridgehead atoms. The molecule has 0 aromatic heterocycles. The fourth-order valence-corrected chi connectivity index (χ4v) is 2.13. The minimum Gasteiger partial charge on any atom is -0.550 e. The van der Waals surface area contributed by atoms with Gasteiger partial charge in [0.1, 0.15) is 0 Å². The number of aliphatic carboxylic acids is 1. The summed E-state index contributed by atoms with van der Waals surface area (Å²) in [5, 5.41) is 13.6. The van der Waals surface area contributed by atoms with Crippen LogP contribution in [0.3, 0.4) is 0 Å². The summed E-state index contributed by atoms with van der Waals surface area (Å²) in [7, 11) is 1.55. The zero-order valence-corrected chi connectivity index (χ0v) is 9.53. The molecule has 0 radical (unpaired) electrons. The summed E-state index contributed by atoms with van der Waals surface area (Å²) >= 11 is 0. The molecule has 0 heterocycles. The number of hydrogen-bond donors (Lipinski definition) is 1. The lowest BCUT2D eigenvalue weighted by atomic mass is 9.79. The third-order valence-corrected chi connectivity index (χ3v) is 3.01. The van der Waals surface area contributed by atoms with E-state index in [1.54, 1.807) is 7.11 Å². The summed E-state index contributed by atoms with van der Waals surface area (Å²) < 4.78 is 4.81. The second-order valence-corrected chi connectivity index (χ2v) is 4.10. The maximum atomic E-state index is 11.7. The number of carbonyl (C=O) groups excluding carboxylic acids is 2. The zero-order chi connectivity index (χ0) is 12.0. The number of carbonyl (C=O) groups is 2. The average Bonchev–Trinajstić information content (AvgIpc) is 2.29. The zero-order valence-electron chi connectivity index (χ0n) is 9.53. The Morgan fingerprint density at radius 2 is 1.94 bits per heavy atom. The number of methoxy groups -OCH3 is 1. The Bertz CT molecular complexity index is 254. The monoisotopic (exact) mass is 228 g/mol. The Morgan fingerprint density at radius 3 is 2.50 bits per heavy atom. The van der Waals surface area contributed by atoms with E-state index in [2.05, 4.69) is 5.32 Å². The van der Waals surface area contributed by atoms with Crippen molar-refractivity contribution in [3.63, 3.8) is 0 Å². The predicted octanol–water partition coefficient (Wildman–Crippen LogP) is -0.695. The first-order chi connectivity index (χ1) is 7.66. The molecule has 0 aliphatic heterocycles. The summed E-state index contributed by atoms with van der Waals surface area (Å²) in [5.41, 5.74) is 0. The van der Waals surface area contributed by atoms with Crippen molar-refractivity contribution >= 4 is 11.9 Å². The summed E-state index contributed by atoms with van der Waals surface area (Å²) in [6, 6.07) is 0. The molecule has 5 heteroatoms. The molecule has 0 aromatic rings. The number of hydrogen-bond acceptors (Lipinski definition) is 4. The highest BCUT2D eigenvalue weighted by Gasteiger charge is 2.31. The summed E-state index contributed by atoms with van der Waals surface area (Å²) in [6.07, 6.45) is 2.95. The summed E-state index contributed by atoms with van der Waals surface area (Å²) in [5.74, 6) is -2.36. The van der Waals surface area contributed by atoms with Crippen LogP contribution in [-0.4, -0.2) is 32.1 Å². The largest absolute Gasteiger partial charge is 0.550 e. The Morgan fingerprint density at radius 1 is 1.31 bits per heavy atom. The molecule has 1 aliphatic carbocycles. The maximum absolute atomic E-state index is 11.7. The smallest absolute Gasteiger partial charge is 0.223 e. The second-order valence-electron chi connectivity index (χ2n) is 4.10. The van der Waals surface area contributed by atoms with Gasteiger partial charge in [0.2, 0.25) is 5.91 Å². The molecule has 1 rings (SSSR count). The lowest BCUT2D eigenvalue weighted by molar-refractivity contribution is -0.314. The number of rotatable bonds is 5. The molecule has 0 aromatic carbocycles. The van der Waals surface area contributed by atoms with E-state index in [-0.39, 0.29) is 5.91 Å². The van der Waals surface area contributed by atoms with Crippen LogP contribution in [0.5, 0.6) is 0 Å². The highest BCUT2D eigenvalue weighted by Crippen LogP contribution is 2.29. The van der Waals surface area contributed by atoms with Crippen LogP contribution in [0.1, 0.15) is 25.7 Å². The Hall–Kier alpha value is -1.10. The van der Waals surface area contributed by atoms with E-state index in [4.69, 9.17) is 4.74 Å². The first-order valence-electron chi connectivity index (χ1n) is 5.64. The van der Waals surface area contributed by atoms with Crippen LogP contribution in [0, 0.1) is 11.8 Å². The first kappa shape index (κ1) is 13.0. The number of ether oxygens (including phenoxy) is 1. The van der Waals surface area contributed by atoms with Gasteiger partial charge in [-0.15, -0.1) is 0 Å². The van der Waals surface area contributed by atoms with Gasteiger partial charge in [0.15, 0.2) is 0 Å². The van der Waals surface area contributed by atoms with Crippen molar-refractivity contribution in [3.8, 4) is 0 Å². The summed E-state index contributed by atoms with van der Waals surface area (Å²) in [4.78, 5) is 22.6. The van der Waals surface area contributed by atoms with Gasteiger partial charge in [0.25, 0.3) is 0 Å². The molecule has 92 valence electrons. The van der Waals surface area contributed by atoms with Crippen molar-refractivity contribution in [2.24, 2.45) is 11.8 Å². The number of carboxylic acid groups (broad SMARTS) is 1. The average molecular weight is 228 g/mol. The van der Waals surface area contributed by atoms with Gasteiger partial charge in [-0.1, -0.05) is 12.8 Å². The van der Waals surface area contributed by atoms with Crippen LogP contribution in [0.4, 0.5) is 0 Å². The van der Waals surface area contributed by atoms with Gasteiger partial charge < -0.3 is 20.0 Å². The van der Waals surface area contributed by atoms with Crippen molar-refractivity contribution in [3.05, 3.63) is 0 Å². The van der Waals surface area contributed by atoms with E-state index < -0.39 is 17.8 Å². The standard InChI is InChI=1S/C11H19NO4/c1-16-7-6-12-10(13)8-4-2-3-5-9(8)11(14)15/h8-9H,2-7H2,1H3,(H,12,13)(H,14,15)/p-1/t8-,9+/m0/s1. The van der Waals surface area contributed by atoms with Gasteiger partial charge in [0.05, 0.1) is 6.61 Å². The fourth-order valence-electron chi connectivity index (χ4n) is 2.13. The molecule has 0 unspecified atom stereocenters. The van der Waals surface area contributed by atoms with Crippen molar-refractivity contribution in [1.29, 1.82) is 0 Å². The first-order valence-corrected chi connectivity index (χ1v) is 5.64. The number of carboxylic acids is 1.